The first-order valence-corrected chi connectivity index (χ1v) is 11.8. The lowest BCUT2D eigenvalue weighted by atomic mass is 9.64. The molecule has 0 aromatic heterocycles. The van der Waals surface area contributed by atoms with Crippen LogP contribution < -0.4 is 18.9 Å². The molecule has 0 aliphatic carbocycles. The van der Waals surface area contributed by atoms with Gasteiger partial charge in [0.2, 0.25) is 0 Å². The third-order valence-corrected chi connectivity index (χ3v) is 6.91. The van der Waals surface area contributed by atoms with Gasteiger partial charge in [-0.15, -0.1) is 0 Å². The number of hydrogen-bond donors (Lipinski definition) is 0. The molecule has 2 atom stereocenters. The van der Waals surface area contributed by atoms with Gasteiger partial charge >= 0.3 is 0 Å². The summed E-state index contributed by atoms with van der Waals surface area (Å²) in [5, 5.41) is 10.4. The van der Waals surface area contributed by atoms with Gasteiger partial charge in [0.05, 0.1) is 39.9 Å². The van der Waals surface area contributed by atoms with Crippen molar-refractivity contribution in [1.29, 1.82) is 5.26 Å². The number of rotatable bonds is 13. The number of likely N-dealkylation sites (N-methyl/N-ethyl adjacent to an activating group) is 1. The second-order valence-electron chi connectivity index (χ2n) is 9.14. The van der Waals surface area contributed by atoms with Crippen molar-refractivity contribution >= 4 is 0 Å². The van der Waals surface area contributed by atoms with Crippen molar-refractivity contribution in [2.75, 3.05) is 48.6 Å². The molecule has 0 aliphatic heterocycles. The van der Waals surface area contributed by atoms with Crippen LogP contribution in [0.3, 0.4) is 0 Å². The summed E-state index contributed by atoms with van der Waals surface area (Å²) in [6.07, 6.45) is 1.82. The van der Waals surface area contributed by atoms with Gasteiger partial charge in [-0.25, -0.2) is 0 Å². The molecule has 186 valence electrons. The molecule has 0 fully saturated rings. The monoisotopic (exact) mass is 468 g/mol. The van der Waals surface area contributed by atoms with Gasteiger partial charge in [0, 0.05) is 6.54 Å². The van der Waals surface area contributed by atoms with Crippen LogP contribution >= 0.6 is 0 Å². The fourth-order valence-corrected chi connectivity index (χ4v) is 4.69. The Hall–Kier alpha value is -2.91. The number of benzene rings is 2. The van der Waals surface area contributed by atoms with E-state index < -0.39 is 5.41 Å². The number of hydrogen-bond acceptors (Lipinski definition) is 6. The number of methoxy groups -OCH3 is 4. The minimum absolute atomic E-state index is 0.141. The summed E-state index contributed by atoms with van der Waals surface area (Å²) in [4.78, 5) is 2.32. The summed E-state index contributed by atoms with van der Waals surface area (Å²) in [5.41, 5.74) is 1.56. The second-order valence-corrected chi connectivity index (χ2v) is 9.14. The molecule has 2 rings (SSSR count). The third-order valence-electron chi connectivity index (χ3n) is 6.91. The molecule has 0 spiro atoms. The average molecular weight is 469 g/mol. The molecule has 0 saturated heterocycles. The Morgan fingerprint density at radius 1 is 0.824 bits per heavy atom. The second kappa shape index (κ2) is 12.5. The van der Waals surface area contributed by atoms with Crippen LogP contribution in [-0.2, 0) is 11.8 Å². The zero-order valence-corrected chi connectivity index (χ0v) is 22.0. The van der Waals surface area contributed by atoms with E-state index in [0.717, 1.165) is 43.0 Å². The van der Waals surface area contributed by atoms with E-state index in [4.69, 9.17) is 18.9 Å². The molecule has 0 bridgehead atoms. The highest BCUT2D eigenvalue weighted by molar-refractivity contribution is 5.48. The van der Waals surface area contributed by atoms with Gasteiger partial charge in [-0.1, -0.05) is 32.9 Å². The summed E-state index contributed by atoms with van der Waals surface area (Å²) >= 11 is 0. The first-order valence-electron chi connectivity index (χ1n) is 11.8. The van der Waals surface area contributed by atoms with Gasteiger partial charge in [0.15, 0.2) is 23.0 Å². The Bertz CT molecular complexity index is 969. The number of ether oxygens (including phenoxy) is 4. The van der Waals surface area contributed by atoms with E-state index in [1.807, 2.05) is 30.3 Å². The minimum atomic E-state index is -0.621. The largest absolute Gasteiger partial charge is 0.493 e. The fourth-order valence-electron chi connectivity index (χ4n) is 4.69. The molecule has 0 radical (unpaired) electrons. The summed E-state index contributed by atoms with van der Waals surface area (Å²) in [5.74, 6) is 3.11. The Labute approximate surface area is 205 Å². The molecule has 2 aromatic rings. The van der Waals surface area contributed by atoms with Crippen molar-refractivity contribution in [2.24, 2.45) is 11.8 Å². The van der Waals surface area contributed by atoms with Gasteiger partial charge < -0.3 is 23.8 Å². The van der Waals surface area contributed by atoms with Gasteiger partial charge in [-0.05, 0) is 73.7 Å². The maximum Gasteiger partial charge on any atom is 0.161 e. The van der Waals surface area contributed by atoms with E-state index in [1.54, 1.807) is 28.4 Å². The van der Waals surface area contributed by atoms with Crippen LogP contribution in [-0.4, -0.2) is 53.5 Å². The van der Waals surface area contributed by atoms with Crippen molar-refractivity contribution < 1.29 is 18.9 Å². The molecule has 0 saturated carbocycles. The van der Waals surface area contributed by atoms with Crippen LogP contribution in [0.25, 0.3) is 0 Å². The third kappa shape index (κ3) is 5.95. The normalized spacial score (nSPS) is 13.8. The Morgan fingerprint density at radius 3 is 1.91 bits per heavy atom. The molecule has 0 heterocycles. The first-order chi connectivity index (χ1) is 16.3. The number of nitriles is 1. The Morgan fingerprint density at radius 2 is 1.38 bits per heavy atom. The summed E-state index contributed by atoms with van der Waals surface area (Å²) in [6.45, 7) is 8.24. The molecule has 6 heteroatoms. The summed E-state index contributed by atoms with van der Waals surface area (Å²) < 4.78 is 21.7. The maximum absolute atomic E-state index is 10.4. The predicted molar refractivity (Wildman–Crippen MR) is 136 cm³/mol. The molecular formula is C28H40N2O4. The highest BCUT2D eigenvalue weighted by Crippen LogP contribution is 2.43. The Balaban J connectivity index is 2.10. The van der Waals surface area contributed by atoms with E-state index >= 15 is 0 Å². The van der Waals surface area contributed by atoms with Crippen LogP contribution in [0, 0.1) is 23.2 Å². The van der Waals surface area contributed by atoms with Crippen molar-refractivity contribution in [2.45, 2.75) is 39.0 Å². The molecule has 0 amide bonds. The minimum Gasteiger partial charge on any atom is -0.493 e. The fraction of sp³-hybridized carbons (Fsp3) is 0.536. The number of nitrogens with zero attached hydrogens (tertiary/aromatic N) is 2. The molecule has 0 aliphatic rings. The van der Waals surface area contributed by atoms with Crippen LogP contribution in [0.2, 0.25) is 0 Å². The molecule has 2 unspecified atom stereocenters. The van der Waals surface area contributed by atoms with Crippen molar-refractivity contribution in [3.05, 3.63) is 47.5 Å². The van der Waals surface area contributed by atoms with Gasteiger partial charge in [0.25, 0.3) is 0 Å². The summed E-state index contributed by atoms with van der Waals surface area (Å²) in [6, 6.07) is 14.6. The highest BCUT2D eigenvalue weighted by atomic mass is 16.5. The highest BCUT2D eigenvalue weighted by Gasteiger charge is 2.41. The van der Waals surface area contributed by atoms with Crippen LogP contribution in [0.5, 0.6) is 23.0 Å². The van der Waals surface area contributed by atoms with Crippen molar-refractivity contribution in [1.82, 2.24) is 4.90 Å². The average Bonchev–Trinajstić information content (AvgIpc) is 2.86. The molecule has 2 aromatic carbocycles. The van der Waals surface area contributed by atoms with E-state index in [0.29, 0.717) is 11.5 Å². The van der Waals surface area contributed by atoms with Crippen molar-refractivity contribution in [3.8, 4) is 29.1 Å². The molecule has 6 nitrogen and oxygen atoms in total. The van der Waals surface area contributed by atoms with E-state index in [-0.39, 0.29) is 11.8 Å². The lowest BCUT2D eigenvalue weighted by Gasteiger charge is -2.38. The van der Waals surface area contributed by atoms with Crippen LogP contribution in [0.4, 0.5) is 0 Å². The van der Waals surface area contributed by atoms with E-state index in [1.165, 1.54) is 5.56 Å². The van der Waals surface area contributed by atoms with E-state index in [2.05, 4.69) is 44.9 Å². The molecular weight excluding hydrogens is 428 g/mol. The summed E-state index contributed by atoms with van der Waals surface area (Å²) in [7, 11) is 8.68. The lowest BCUT2D eigenvalue weighted by molar-refractivity contribution is 0.227. The maximum atomic E-state index is 10.4. The van der Waals surface area contributed by atoms with Gasteiger partial charge in [-0.2, -0.15) is 5.26 Å². The molecule has 0 N–H and O–H groups in total. The van der Waals surface area contributed by atoms with Crippen LogP contribution in [0.15, 0.2) is 36.4 Å². The quantitative estimate of drug-likeness (QED) is 0.395. The van der Waals surface area contributed by atoms with E-state index in [9.17, 15) is 5.26 Å². The standard InChI is InChI=1S/C28H40N2O4/c1-20(2)28(19-29,23-10-12-25(32-6)27(18-23)34-8)21(3)13-15-30(4)16-14-22-9-11-24(31-5)26(17-22)33-7/h9-12,17-18,20-21H,13-16H2,1-8H3. The molecule has 34 heavy (non-hydrogen) atoms. The topological polar surface area (TPSA) is 64.0 Å². The smallest absolute Gasteiger partial charge is 0.161 e. The van der Waals surface area contributed by atoms with Gasteiger partial charge in [0.1, 0.15) is 0 Å². The zero-order valence-electron chi connectivity index (χ0n) is 22.0. The van der Waals surface area contributed by atoms with Crippen LogP contribution in [0.1, 0.15) is 38.3 Å². The first kappa shape index (κ1) is 27.3. The van der Waals surface area contributed by atoms with Gasteiger partial charge in [-0.3, -0.25) is 0 Å². The predicted octanol–water partition coefficient (Wildman–Crippen LogP) is 5.34. The van der Waals surface area contributed by atoms with Crippen molar-refractivity contribution in [3.63, 3.8) is 0 Å². The zero-order chi connectivity index (χ0) is 25.3. The lowest BCUT2D eigenvalue weighted by Crippen LogP contribution is -2.39. The SMILES string of the molecule is COc1ccc(CCN(C)CCC(C)C(C#N)(c2ccc(OC)c(OC)c2)C(C)C)cc1OC. The Kier molecular flexibility index (Phi) is 10.1.